The fraction of sp³-hybridized carbons (Fsp3) is 0.667. The van der Waals surface area contributed by atoms with Gasteiger partial charge >= 0.3 is 0 Å². The van der Waals surface area contributed by atoms with Crippen molar-refractivity contribution in [1.82, 2.24) is 15.3 Å². The molecule has 1 saturated heterocycles. The Balaban J connectivity index is 1.73. The van der Waals surface area contributed by atoms with Crippen LogP contribution in [-0.2, 0) is 0 Å². The Kier molecular flexibility index (Phi) is 5.07. The van der Waals surface area contributed by atoms with Crippen LogP contribution in [0, 0.1) is 5.92 Å². The van der Waals surface area contributed by atoms with Crippen molar-refractivity contribution in [2.75, 3.05) is 26.0 Å². The van der Waals surface area contributed by atoms with Crippen LogP contribution in [0.3, 0.4) is 0 Å². The molecule has 1 aromatic heterocycles. The number of hydrogen-bond donors (Lipinski definition) is 1. The molecular weight excluding hydrogens is 234 g/mol. The number of hydrogen-bond acceptors (Lipinski definition) is 5. The van der Waals surface area contributed by atoms with E-state index in [1.807, 2.05) is 12.3 Å². The zero-order valence-electron chi connectivity index (χ0n) is 10.2. The van der Waals surface area contributed by atoms with Crippen LogP contribution >= 0.6 is 11.8 Å². The topological polar surface area (TPSA) is 47.0 Å². The molecule has 0 saturated carbocycles. The second-order valence-electron chi connectivity index (χ2n) is 4.25. The summed E-state index contributed by atoms with van der Waals surface area (Å²) < 4.78 is 5.66. The standard InChI is InChI=1S/C12H19N3OS/c1-17-12-7-11(14-9-15-12)16-6-4-10-3-2-5-13-8-10/h7,9-10,13H,2-6,8H2,1H3. The SMILES string of the molecule is CSc1cc(OCCC2CCCNC2)ncn1. The molecule has 1 aromatic rings. The van der Waals surface area contributed by atoms with Gasteiger partial charge in [-0.15, -0.1) is 11.8 Å². The first kappa shape index (κ1) is 12.6. The summed E-state index contributed by atoms with van der Waals surface area (Å²) in [7, 11) is 0. The maximum atomic E-state index is 5.66. The Morgan fingerprint density at radius 2 is 2.47 bits per heavy atom. The Morgan fingerprint density at radius 3 is 3.24 bits per heavy atom. The third-order valence-electron chi connectivity index (χ3n) is 3.00. The second kappa shape index (κ2) is 6.81. The minimum Gasteiger partial charge on any atom is -0.478 e. The highest BCUT2D eigenvalue weighted by Crippen LogP contribution is 2.17. The van der Waals surface area contributed by atoms with Gasteiger partial charge in [0.1, 0.15) is 11.4 Å². The van der Waals surface area contributed by atoms with Gasteiger partial charge in [0.05, 0.1) is 6.61 Å². The van der Waals surface area contributed by atoms with Crippen molar-refractivity contribution in [1.29, 1.82) is 0 Å². The minimum absolute atomic E-state index is 0.688. The van der Waals surface area contributed by atoms with Crippen molar-refractivity contribution in [3.05, 3.63) is 12.4 Å². The lowest BCUT2D eigenvalue weighted by Gasteiger charge is -2.22. The highest BCUT2D eigenvalue weighted by molar-refractivity contribution is 7.98. The fourth-order valence-electron chi connectivity index (χ4n) is 2.01. The average Bonchev–Trinajstić information content (AvgIpc) is 2.40. The van der Waals surface area contributed by atoms with E-state index in [4.69, 9.17) is 4.74 Å². The van der Waals surface area contributed by atoms with Gasteiger partial charge in [-0.05, 0) is 44.5 Å². The maximum absolute atomic E-state index is 5.66. The molecule has 0 spiro atoms. The van der Waals surface area contributed by atoms with Crippen LogP contribution in [-0.4, -0.2) is 35.9 Å². The first-order chi connectivity index (χ1) is 8.38. The van der Waals surface area contributed by atoms with Gasteiger partial charge in [0.15, 0.2) is 0 Å². The molecule has 1 atom stereocenters. The van der Waals surface area contributed by atoms with Gasteiger partial charge in [0.25, 0.3) is 0 Å². The summed E-state index contributed by atoms with van der Waals surface area (Å²) >= 11 is 1.60. The zero-order valence-corrected chi connectivity index (χ0v) is 11.0. The molecular formula is C12H19N3OS. The molecule has 1 aliphatic rings. The minimum atomic E-state index is 0.688. The summed E-state index contributed by atoms with van der Waals surface area (Å²) in [5.74, 6) is 1.44. The smallest absolute Gasteiger partial charge is 0.217 e. The number of nitrogens with zero attached hydrogens (tertiary/aromatic N) is 2. The summed E-state index contributed by atoms with van der Waals surface area (Å²) in [5.41, 5.74) is 0. The molecule has 0 aromatic carbocycles. The van der Waals surface area contributed by atoms with Gasteiger partial charge in [0, 0.05) is 6.07 Å². The van der Waals surface area contributed by atoms with Crippen LogP contribution in [0.4, 0.5) is 0 Å². The number of aromatic nitrogens is 2. The number of piperidine rings is 1. The number of nitrogens with one attached hydrogen (secondary N) is 1. The lowest BCUT2D eigenvalue weighted by Crippen LogP contribution is -2.30. The van der Waals surface area contributed by atoms with E-state index in [1.54, 1.807) is 18.1 Å². The number of rotatable bonds is 5. The van der Waals surface area contributed by atoms with Crippen molar-refractivity contribution in [3.63, 3.8) is 0 Å². The lowest BCUT2D eigenvalue weighted by molar-refractivity contribution is 0.246. The number of ether oxygens (including phenoxy) is 1. The van der Waals surface area contributed by atoms with E-state index in [2.05, 4.69) is 15.3 Å². The molecule has 0 aliphatic carbocycles. The molecule has 2 rings (SSSR count). The summed E-state index contributed by atoms with van der Waals surface area (Å²) in [5, 5.41) is 4.37. The highest BCUT2D eigenvalue weighted by atomic mass is 32.2. The Hall–Kier alpha value is -0.810. The van der Waals surface area contributed by atoms with Crippen LogP contribution in [0.15, 0.2) is 17.4 Å². The molecule has 1 aliphatic heterocycles. The first-order valence-electron chi connectivity index (χ1n) is 6.08. The van der Waals surface area contributed by atoms with E-state index < -0.39 is 0 Å². The van der Waals surface area contributed by atoms with Crippen molar-refractivity contribution >= 4 is 11.8 Å². The quantitative estimate of drug-likeness (QED) is 0.642. The van der Waals surface area contributed by atoms with Gasteiger partial charge in [0.2, 0.25) is 5.88 Å². The highest BCUT2D eigenvalue weighted by Gasteiger charge is 2.12. The van der Waals surface area contributed by atoms with Crippen LogP contribution < -0.4 is 10.1 Å². The molecule has 17 heavy (non-hydrogen) atoms. The van der Waals surface area contributed by atoms with Crippen LogP contribution in [0.2, 0.25) is 0 Å². The molecule has 0 bridgehead atoms. The summed E-state index contributed by atoms with van der Waals surface area (Å²) in [6.07, 6.45) is 7.26. The lowest BCUT2D eigenvalue weighted by atomic mass is 9.97. The largest absolute Gasteiger partial charge is 0.478 e. The van der Waals surface area contributed by atoms with Crippen LogP contribution in [0.25, 0.3) is 0 Å². The van der Waals surface area contributed by atoms with Crippen molar-refractivity contribution in [2.24, 2.45) is 5.92 Å². The summed E-state index contributed by atoms with van der Waals surface area (Å²) in [4.78, 5) is 8.23. The van der Waals surface area contributed by atoms with Crippen LogP contribution in [0.5, 0.6) is 5.88 Å². The van der Waals surface area contributed by atoms with E-state index in [0.717, 1.165) is 30.5 Å². The van der Waals surface area contributed by atoms with Gasteiger partial charge in [-0.25, -0.2) is 9.97 Å². The predicted molar refractivity (Wildman–Crippen MR) is 69.5 cm³/mol. The normalized spacial score (nSPS) is 20.2. The summed E-state index contributed by atoms with van der Waals surface area (Å²) in [6, 6.07) is 1.89. The van der Waals surface area contributed by atoms with Crippen LogP contribution in [0.1, 0.15) is 19.3 Å². The molecule has 4 nitrogen and oxygen atoms in total. The molecule has 94 valence electrons. The molecule has 0 amide bonds. The average molecular weight is 253 g/mol. The molecule has 1 fully saturated rings. The van der Waals surface area contributed by atoms with Gasteiger partial charge in [-0.3, -0.25) is 0 Å². The Labute approximate surface area is 107 Å². The fourth-order valence-corrected chi connectivity index (χ4v) is 2.39. The van der Waals surface area contributed by atoms with E-state index in [0.29, 0.717) is 5.88 Å². The first-order valence-corrected chi connectivity index (χ1v) is 7.30. The molecule has 1 unspecified atom stereocenters. The predicted octanol–water partition coefficient (Wildman–Crippen LogP) is 1.97. The summed E-state index contributed by atoms with van der Waals surface area (Å²) in [6.45, 7) is 3.04. The second-order valence-corrected chi connectivity index (χ2v) is 5.07. The van der Waals surface area contributed by atoms with Crippen molar-refractivity contribution in [3.8, 4) is 5.88 Å². The maximum Gasteiger partial charge on any atom is 0.217 e. The van der Waals surface area contributed by atoms with Gasteiger partial charge in [-0.2, -0.15) is 0 Å². The van der Waals surface area contributed by atoms with Crippen molar-refractivity contribution in [2.45, 2.75) is 24.3 Å². The van der Waals surface area contributed by atoms with Crippen molar-refractivity contribution < 1.29 is 4.74 Å². The van der Waals surface area contributed by atoms with E-state index in [1.165, 1.54) is 19.4 Å². The zero-order chi connectivity index (χ0) is 11.9. The molecule has 0 radical (unpaired) electrons. The third kappa shape index (κ3) is 4.16. The Morgan fingerprint density at radius 1 is 1.53 bits per heavy atom. The van der Waals surface area contributed by atoms with E-state index >= 15 is 0 Å². The van der Waals surface area contributed by atoms with E-state index in [-0.39, 0.29) is 0 Å². The van der Waals surface area contributed by atoms with Gasteiger partial charge in [-0.1, -0.05) is 0 Å². The molecule has 1 N–H and O–H groups in total. The number of thioether (sulfide) groups is 1. The molecule has 5 heteroatoms. The van der Waals surface area contributed by atoms with Gasteiger partial charge < -0.3 is 10.1 Å². The monoisotopic (exact) mass is 253 g/mol. The molecule has 2 heterocycles. The Bertz CT molecular complexity index is 342. The van der Waals surface area contributed by atoms with E-state index in [9.17, 15) is 0 Å². The third-order valence-corrected chi connectivity index (χ3v) is 3.64.